The molecule has 26 heavy (non-hydrogen) atoms. The number of ether oxygens (including phenoxy) is 1. The largest absolute Gasteiger partial charge is 0.497 e. The number of benzene rings is 1. The van der Waals surface area contributed by atoms with Crippen LogP contribution in [0.3, 0.4) is 0 Å². The molecule has 1 amide bonds. The first-order valence-corrected chi connectivity index (χ1v) is 8.89. The lowest BCUT2D eigenvalue weighted by atomic mass is 10.2. The quantitative estimate of drug-likeness (QED) is 0.763. The normalized spacial score (nSPS) is 14.4. The van der Waals surface area contributed by atoms with Gasteiger partial charge in [-0.3, -0.25) is 4.79 Å². The zero-order valence-corrected chi connectivity index (χ0v) is 16.4. The number of amides is 1. The van der Waals surface area contributed by atoms with E-state index in [1.54, 1.807) is 29.1 Å². The molecule has 2 heterocycles. The minimum Gasteiger partial charge on any atom is -0.497 e. The van der Waals surface area contributed by atoms with Crippen molar-refractivity contribution >= 4 is 39.4 Å². The van der Waals surface area contributed by atoms with Gasteiger partial charge in [-0.1, -0.05) is 11.6 Å². The van der Waals surface area contributed by atoms with Crippen LogP contribution >= 0.6 is 27.5 Å². The number of nitrogens with zero attached hydrogens (tertiary/aromatic N) is 4. The molecule has 10 heteroatoms. The van der Waals surface area contributed by atoms with Gasteiger partial charge < -0.3 is 15.4 Å². The molecule has 1 atom stereocenters. The highest BCUT2D eigenvalue weighted by Gasteiger charge is 2.22. The second-order valence-corrected chi connectivity index (χ2v) is 6.58. The topological polar surface area (TPSA) is 93.4 Å². The number of carbonyl (C=O) groups is 1. The van der Waals surface area contributed by atoms with E-state index < -0.39 is 6.04 Å². The summed E-state index contributed by atoms with van der Waals surface area (Å²) in [6.45, 7) is 2.36. The summed E-state index contributed by atoms with van der Waals surface area (Å²) in [6.07, 6.45) is 3.66. The van der Waals surface area contributed by atoms with E-state index in [9.17, 15) is 4.79 Å². The summed E-state index contributed by atoms with van der Waals surface area (Å²) in [5.41, 5.74) is 0.391. The molecule has 0 spiro atoms. The standard InChI is InChI=1S/C16H16BrClN6O2/c1-9(21-14(25)10-6-11(18)8-12(7-10)26-2)13-22-15(17)23-24(13)16-19-4-3-5-20-16/h3-4,6-9H,5H2,1-2H3,(H,19,20)(H,21,25). The van der Waals surface area contributed by atoms with Gasteiger partial charge in [0, 0.05) is 16.8 Å². The van der Waals surface area contributed by atoms with Crippen LogP contribution in [0.25, 0.3) is 0 Å². The van der Waals surface area contributed by atoms with Gasteiger partial charge in [-0.2, -0.15) is 4.68 Å². The molecule has 0 radical (unpaired) electrons. The molecular weight excluding hydrogens is 424 g/mol. The molecule has 0 saturated carbocycles. The summed E-state index contributed by atoms with van der Waals surface area (Å²) in [4.78, 5) is 21.3. The van der Waals surface area contributed by atoms with Crippen LogP contribution in [0.1, 0.15) is 29.1 Å². The monoisotopic (exact) mass is 438 g/mol. The third kappa shape index (κ3) is 4.05. The Hall–Kier alpha value is -2.39. The minimum atomic E-state index is -0.429. The van der Waals surface area contributed by atoms with Crippen LogP contribution in [0.4, 0.5) is 0 Å². The van der Waals surface area contributed by atoms with Crippen LogP contribution in [0.2, 0.25) is 5.02 Å². The third-order valence-electron chi connectivity index (χ3n) is 3.59. The number of methoxy groups -OCH3 is 1. The highest BCUT2D eigenvalue weighted by molar-refractivity contribution is 9.10. The SMILES string of the molecule is COc1cc(Cl)cc(C(=O)NC(C)c2nc(Br)nn2C2=NCC=CN2)c1. The average Bonchev–Trinajstić information content (AvgIpc) is 3.03. The average molecular weight is 440 g/mol. The molecule has 1 unspecified atom stereocenters. The molecule has 2 N–H and O–H groups in total. The van der Waals surface area contributed by atoms with Crippen LogP contribution in [-0.4, -0.2) is 40.3 Å². The Balaban J connectivity index is 1.82. The predicted molar refractivity (Wildman–Crippen MR) is 102 cm³/mol. The fourth-order valence-corrected chi connectivity index (χ4v) is 2.95. The second kappa shape index (κ2) is 7.88. The van der Waals surface area contributed by atoms with Gasteiger partial charge in [0.1, 0.15) is 5.75 Å². The zero-order chi connectivity index (χ0) is 18.7. The van der Waals surface area contributed by atoms with Crippen LogP contribution in [0.5, 0.6) is 5.75 Å². The van der Waals surface area contributed by atoms with E-state index in [1.165, 1.54) is 7.11 Å². The molecule has 0 saturated heterocycles. The fraction of sp³-hybridized carbons (Fsp3) is 0.250. The summed E-state index contributed by atoms with van der Waals surface area (Å²) >= 11 is 9.30. The fourth-order valence-electron chi connectivity index (χ4n) is 2.39. The molecule has 0 fully saturated rings. The Morgan fingerprint density at radius 3 is 2.96 bits per heavy atom. The number of rotatable bonds is 4. The lowest BCUT2D eigenvalue weighted by Gasteiger charge is -2.16. The summed E-state index contributed by atoms with van der Waals surface area (Å²) in [5.74, 6) is 1.27. The van der Waals surface area contributed by atoms with E-state index in [2.05, 4.69) is 41.6 Å². The van der Waals surface area contributed by atoms with E-state index >= 15 is 0 Å². The Morgan fingerprint density at radius 2 is 2.27 bits per heavy atom. The predicted octanol–water partition coefficient (Wildman–Crippen LogP) is 2.51. The Morgan fingerprint density at radius 1 is 1.46 bits per heavy atom. The molecule has 3 rings (SSSR count). The molecule has 1 aromatic heterocycles. The van der Waals surface area contributed by atoms with Crippen molar-refractivity contribution in [3.05, 3.63) is 51.6 Å². The van der Waals surface area contributed by atoms with E-state index in [1.807, 2.05) is 13.0 Å². The van der Waals surface area contributed by atoms with Gasteiger partial charge in [0.25, 0.3) is 5.91 Å². The Kier molecular flexibility index (Phi) is 5.58. The molecule has 1 aromatic carbocycles. The first kappa shape index (κ1) is 18.4. The molecule has 0 aliphatic carbocycles. The van der Waals surface area contributed by atoms with Crippen LogP contribution in [-0.2, 0) is 0 Å². The maximum atomic E-state index is 12.6. The van der Waals surface area contributed by atoms with Crippen molar-refractivity contribution in [3.8, 4) is 5.75 Å². The van der Waals surface area contributed by atoms with E-state index in [0.29, 0.717) is 39.4 Å². The minimum absolute atomic E-state index is 0.303. The van der Waals surface area contributed by atoms with Crippen LogP contribution in [0.15, 0.2) is 40.2 Å². The van der Waals surface area contributed by atoms with Crippen molar-refractivity contribution in [1.29, 1.82) is 0 Å². The summed E-state index contributed by atoms with van der Waals surface area (Å²) in [5, 5.41) is 10.6. The van der Waals surface area contributed by atoms with Crippen molar-refractivity contribution in [2.45, 2.75) is 13.0 Å². The maximum Gasteiger partial charge on any atom is 0.252 e. The number of halogens is 2. The van der Waals surface area contributed by atoms with Gasteiger partial charge in [0.05, 0.1) is 19.7 Å². The molecule has 1 aliphatic rings. The lowest BCUT2D eigenvalue weighted by molar-refractivity contribution is 0.0937. The summed E-state index contributed by atoms with van der Waals surface area (Å²) in [6, 6.07) is 4.40. The third-order valence-corrected chi connectivity index (χ3v) is 4.14. The molecule has 136 valence electrons. The molecule has 8 nitrogen and oxygen atoms in total. The number of hydrogen-bond acceptors (Lipinski definition) is 6. The van der Waals surface area contributed by atoms with Crippen molar-refractivity contribution in [1.82, 2.24) is 25.4 Å². The van der Waals surface area contributed by atoms with Crippen molar-refractivity contribution in [2.24, 2.45) is 4.99 Å². The zero-order valence-electron chi connectivity index (χ0n) is 14.0. The Labute approximate surface area is 163 Å². The van der Waals surface area contributed by atoms with Crippen molar-refractivity contribution in [3.63, 3.8) is 0 Å². The van der Waals surface area contributed by atoms with Gasteiger partial charge in [0.15, 0.2) is 5.82 Å². The van der Waals surface area contributed by atoms with E-state index in [-0.39, 0.29) is 5.91 Å². The van der Waals surface area contributed by atoms with E-state index in [0.717, 1.165) is 0 Å². The lowest BCUT2D eigenvalue weighted by Crippen LogP contribution is -2.35. The molecule has 0 bridgehead atoms. The first-order chi connectivity index (χ1) is 12.5. The second-order valence-electron chi connectivity index (χ2n) is 5.44. The van der Waals surface area contributed by atoms with Crippen molar-refractivity contribution in [2.75, 3.05) is 13.7 Å². The van der Waals surface area contributed by atoms with Crippen LogP contribution in [0, 0.1) is 0 Å². The number of aliphatic imine (C=N–C) groups is 1. The van der Waals surface area contributed by atoms with Gasteiger partial charge in [0.2, 0.25) is 10.7 Å². The molecular formula is C16H16BrClN6O2. The number of hydrogen-bond donors (Lipinski definition) is 2. The van der Waals surface area contributed by atoms with Crippen molar-refractivity contribution < 1.29 is 9.53 Å². The maximum absolute atomic E-state index is 12.6. The highest BCUT2D eigenvalue weighted by Crippen LogP contribution is 2.22. The van der Waals surface area contributed by atoms with Gasteiger partial charge in [-0.05, 0) is 47.1 Å². The number of nitrogens with one attached hydrogen (secondary N) is 2. The van der Waals surface area contributed by atoms with Crippen LogP contribution < -0.4 is 15.4 Å². The van der Waals surface area contributed by atoms with Gasteiger partial charge in [-0.15, -0.1) is 5.10 Å². The van der Waals surface area contributed by atoms with Gasteiger partial charge in [-0.25, -0.2) is 9.98 Å². The summed E-state index contributed by atoms with van der Waals surface area (Å²) < 4.78 is 7.10. The van der Waals surface area contributed by atoms with E-state index in [4.69, 9.17) is 16.3 Å². The smallest absolute Gasteiger partial charge is 0.252 e. The molecule has 1 aliphatic heterocycles. The summed E-state index contributed by atoms with van der Waals surface area (Å²) in [7, 11) is 1.52. The van der Waals surface area contributed by atoms with Gasteiger partial charge >= 0.3 is 0 Å². The number of carbonyl (C=O) groups excluding carboxylic acids is 1. The molecule has 2 aromatic rings. The number of aromatic nitrogens is 3. The first-order valence-electron chi connectivity index (χ1n) is 7.72. The Bertz CT molecular complexity index is 895. The highest BCUT2D eigenvalue weighted by atomic mass is 79.9.